The molecule has 4 aromatic rings. The highest BCUT2D eigenvalue weighted by Gasteiger charge is 2.28. The number of methoxy groups -OCH3 is 3. The number of carbonyl (C=O) groups excluding carboxylic acids is 1. The van der Waals surface area contributed by atoms with Gasteiger partial charge in [-0.2, -0.15) is 5.10 Å². The van der Waals surface area contributed by atoms with E-state index in [0.717, 1.165) is 11.1 Å². The van der Waals surface area contributed by atoms with E-state index in [1.807, 2.05) is 0 Å². The highest BCUT2D eigenvalue weighted by Crippen LogP contribution is 2.38. The predicted octanol–water partition coefficient (Wildman–Crippen LogP) is 2.70. The third-order valence-corrected chi connectivity index (χ3v) is 6.79. The molecule has 194 valence electrons. The average molecular weight is 528 g/mol. The van der Waals surface area contributed by atoms with Gasteiger partial charge in [-0.05, 0) is 35.9 Å². The van der Waals surface area contributed by atoms with Gasteiger partial charge >= 0.3 is 0 Å². The van der Waals surface area contributed by atoms with Crippen molar-refractivity contribution in [2.45, 2.75) is 18.0 Å². The minimum absolute atomic E-state index is 0.0503. The zero-order valence-corrected chi connectivity index (χ0v) is 21.2. The summed E-state index contributed by atoms with van der Waals surface area (Å²) in [5.41, 5.74) is 1.89. The number of nitrogens with zero attached hydrogens (tertiary/aromatic N) is 3. The van der Waals surface area contributed by atoms with Crippen LogP contribution in [-0.2, 0) is 27.9 Å². The van der Waals surface area contributed by atoms with Crippen molar-refractivity contribution in [2.24, 2.45) is 0 Å². The Labute approximate surface area is 212 Å². The average Bonchev–Trinajstić information content (AvgIpc) is 3.52. The predicted molar refractivity (Wildman–Crippen MR) is 134 cm³/mol. The highest BCUT2D eigenvalue weighted by atomic mass is 32.2. The van der Waals surface area contributed by atoms with Crippen molar-refractivity contribution in [3.63, 3.8) is 0 Å². The topological polar surface area (TPSA) is 147 Å². The number of fused-ring (bicyclic) bond motifs is 1. The summed E-state index contributed by atoms with van der Waals surface area (Å²) in [6, 6.07) is 8.10. The van der Waals surface area contributed by atoms with Crippen LogP contribution in [-0.4, -0.2) is 50.6 Å². The molecule has 0 bridgehead atoms. The first-order valence-electron chi connectivity index (χ1n) is 10.9. The van der Waals surface area contributed by atoms with E-state index in [4.69, 9.17) is 18.7 Å². The van der Waals surface area contributed by atoms with Gasteiger partial charge in [0.1, 0.15) is 22.6 Å². The number of nitrogens with one attached hydrogen (secondary N) is 2. The Hall–Kier alpha value is -4.52. The van der Waals surface area contributed by atoms with Crippen molar-refractivity contribution >= 4 is 32.7 Å². The maximum atomic E-state index is 13.3. The fourth-order valence-corrected chi connectivity index (χ4v) is 5.03. The van der Waals surface area contributed by atoms with Gasteiger partial charge in [0.15, 0.2) is 16.3 Å². The Kier molecular flexibility index (Phi) is 7.34. The molecule has 2 aromatic carbocycles. The minimum atomic E-state index is -4.18. The number of aromatic nitrogens is 3. The first kappa shape index (κ1) is 25.6. The molecule has 0 unspecified atom stereocenters. The fraction of sp³-hybridized carbons (Fsp3) is 0.208. The molecule has 0 saturated carbocycles. The number of benzene rings is 2. The molecule has 0 fully saturated rings. The third kappa shape index (κ3) is 5.35. The number of anilines is 1. The van der Waals surface area contributed by atoms with Gasteiger partial charge in [-0.1, -0.05) is 17.8 Å². The lowest BCUT2D eigenvalue weighted by Crippen LogP contribution is -2.19. The van der Waals surface area contributed by atoms with Crippen LogP contribution in [0.15, 0.2) is 64.8 Å². The molecular formula is C24H25N5O7S. The second-order valence-corrected chi connectivity index (χ2v) is 9.39. The summed E-state index contributed by atoms with van der Waals surface area (Å²) in [6.07, 6.45) is 4.64. The SMILES string of the molecule is C=CC(=O)NCc1cnn(Cc2cc(OC)c3c(NS(=O)(=O)c4c(OC)cccc4OC)noc3c2)c1. The Morgan fingerprint density at radius 3 is 2.46 bits per heavy atom. The second kappa shape index (κ2) is 10.6. The third-order valence-electron chi connectivity index (χ3n) is 5.38. The molecule has 1 amide bonds. The van der Waals surface area contributed by atoms with E-state index in [-0.39, 0.29) is 28.1 Å². The summed E-state index contributed by atoms with van der Waals surface area (Å²) in [7, 11) is 0.00634. The molecule has 0 radical (unpaired) electrons. The van der Waals surface area contributed by atoms with Crippen molar-refractivity contribution in [3.8, 4) is 17.2 Å². The van der Waals surface area contributed by atoms with Gasteiger partial charge in [0.25, 0.3) is 10.0 Å². The van der Waals surface area contributed by atoms with Crippen molar-refractivity contribution in [2.75, 3.05) is 26.1 Å². The first-order chi connectivity index (χ1) is 17.8. The minimum Gasteiger partial charge on any atom is -0.496 e. The molecule has 4 rings (SSSR count). The molecule has 0 atom stereocenters. The Bertz CT molecular complexity index is 1540. The van der Waals surface area contributed by atoms with E-state index < -0.39 is 10.0 Å². The van der Waals surface area contributed by atoms with E-state index in [0.29, 0.717) is 29.8 Å². The zero-order valence-electron chi connectivity index (χ0n) is 20.3. The van der Waals surface area contributed by atoms with E-state index in [2.05, 4.69) is 26.9 Å². The van der Waals surface area contributed by atoms with Gasteiger partial charge < -0.3 is 24.1 Å². The molecule has 0 aliphatic rings. The lowest BCUT2D eigenvalue weighted by Gasteiger charge is -2.14. The van der Waals surface area contributed by atoms with Gasteiger partial charge in [-0.25, -0.2) is 8.42 Å². The number of rotatable bonds is 11. The van der Waals surface area contributed by atoms with Crippen molar-refractivity contribution < 1.29 is 31.9 Å². The smallest absolute Gasteiger partial charge is 0.270 e. The highest BCUT2D eigenvalue weighted by molar-refractivity contribution is 7.93. The molecule has 0 saturated heterocycles. The number of ether oxygens (including phenoxy) is 3. The number of hydrogen-bond donors (Lipinski definition) is 2. The lowest BCUT2D eigenvalue weighted by atomic mass is 10.1. The molecule has 2 aromatic heterocycles. The van der Waals surface area contributed by atoms with Gasteiger partial charge in [0.2, 0.25) is 5.91 Å². The van der Waals surface area contributed by atoms with Gasteiger partial charge in [0, 0.05) is 18.3 Å². The number of hydrogen-bond acceptors (Lipinski definition) is 9. The number of carbonyl (C=O) groups is 1. The largest absolute Gasteiger partial charge is 0.496 e. The molecule has 0 aliphatic carbocycles. The van der Waals surface area contributed by atoms with E-state index in [1.54, 1.807) is 35.3 Å². The van der Waals surface area contributed by atoms with Crippen LogP contribution in [0, 0.1) is 0 Å². The van der Waals surface area contributed by atoms with Crippen molar-refractivity contribution in [1.82, 2.24) is 20.3 Å². The summed E-state index contributed by atoms with van der Waals surface area (Å²) in [5.74, 6) is 0.242. The van der Waals surface area contributed by atoms with Gasteiger partial charge in [0.05, 0.1) is 34.1 Å². The van der Waals surface area contributed by atoms with E-state index in [9.17, 15) is 13.2 Å². The van der Waals surface area contributed by atoms with E-state index >= 15 is 0 Å². The normalized spacial score (nSPS) is 11.2. The summed E-state index contributed by atoms with van der Waals surface area (Å²) in [6.45, 7) is 4.10. The van der Waals surface area contributed by atoms with Crippen LogP contribution >= 0.6 is 0 Å². The van der Waals surface area contributed by atoms with Gasteiger partial charge in [-0.3, -0.25) is 14.2 Å². The maximum absolute atomic E-state index is 13.3. The Balaban J connectivity index is 1.62. The molecular weight excluding hydrogens is 502 g/mol. The summed E-state index contributed by atoms with van der Waals surface area (Å²) < 4.78 is 52.1. The van der Waals surface area contributed by atoms with Crippen LogP contribution < -0.4 is 24.2 Å². The van der Waals surface area contributed by atoms with Gasteiger partial charge in [-0.15, -0.1) is 0 Å². The fourth-order valence-electron chi connectivity index (χ4n) is 3.70. The number of amides is 1. The maximum Gasteiger partial charge on any atom is 0.270 e. The van der Waals surface area contributed by atoms with Crippen LogP contribution in [0.2, 0.25) is 0 Å². The lowest BCUT2D eigenvalue weighted by molar-refractivity contribution is -0.116. The monoisotopic (exact) mass is 527 g/mol. The molecule has 37 heavy (non-hydrogen) atoms. The zero-order chi connectivity index (χ0) is 26.6. The van der Waals surface area contributed by atoms with Crippen molar-refractivity contribution in [1.29, 1.82) is 0 Å². The second-order valence-electron chi connectivity index (χ2n) is 7.77. The summed E-state index contributed by atoms with van der Waals surface area (Å²) in [5, 5.41) is 11.3. The van der Waals surface area contributed by atoms with Crippen LogP contribution in [0.1, 0.15) is 11.1 Å². The summed E-state index contributed by atoms with van der Waals surface area (Å²) in [4.78, 5) is 11.2. The molecule has 2 heterocycles. The van der Waals surface area contributed by atoms with Crippen molar-refractivity contribution in [3.05, 3.63) is 66.5 Å². The molecule has 0 spiro atoms. The molecule has 13 heteroatoms. The van der Waals surface area contributed by atoms with Crippen LogP contribution in [0.25, 0.3) is 11.0 Å². The molecule has 0 aliphatic heterocycles. The molecule has 2 N–H and O–H groups in total. The van der Waals surface area contributed by atoms with E-state index in [1.165, 1.54) is 39.5 Å². The Morgan fingerprint density at radius 1 is 1.11 bits per heavy atom. The first-order valence-corrected chi connectivity index (χ1v) is 12.4. The quantitative estimate of drug-likeness (QED) is 0.281. The Morgan fingerprint density at radius 2 is 1.81 bits per heavy atom. The molecule has 12 nitrogen and oxygen atoms in total. The van der Waals surface area contributed by atoms with Crippen LogP contribution in [0.5, 0.6) is 17.2 Å². The summed E-state index contributed by atoms with van der Waals surface area (Å²) >= 11 is 0. The number of sulfonamides is 1. The van der Waals surface area contributed by atoms with Crippen LogP contribution in [0.3, 0.4) is 0 Å². The standard InChI is InChI=1S/C24H25N5O7S/c1-5-21(30)25-11-16-12-26-29(14-16)13-15-9-19(35-4)22-20(10-15)36-27-24(22)28-37(31,32)23-17(33-2)7-6-8-18(23)34-3/h5-10,12,14H,1,11,13H2,2-4H3,(H,25,30)(H,27,28). The van der Waals surface area contributed by atoms with Crippen LogP contribution in [0.4, 0.5) is 5.82 Å².